The van der Waals surface area contributed by atoms with E-state index in [4.69, 9.17) is 18.9 Å². The van der Waals surface area contributed by atoms with E-state index in [-0.39, 0.29) is 25.2 Å². The van der Waals surface area contributed by atoms with E-state index in [0.717, 1.165) is 28.1 Å². The van der Waals surface area contributed by atoms with E-state index in [1.807, 2.05) is 85.8 Å². The van der Waals surface area contributed by atoms with Crippen LogP contribution in [0.25, 0.3) is 22.6 Å². The molecule has 1 aromatic heterocycles. The van der Waals surface area contributed by atoms with Gasteiger partial charge in [0.2, 0.25) is 12.7 Å². The highest BCUT2D eigenvalue weighted by Crippen LogP contribution is 2.35. The summed E-state index contributed by atoms with van der Waals surface area (Å²) in [4.78, 5) is 17.4. The second kappa shape index (κ2) is 9.20. The van der Waals surface area contributed by atoms with Gasteiger partial charge in [-0.3, -0.25) is 4.79 Å². The van der Waals surface area contributed by atoms with E-state index >= 15 is 0 Å². The molecule has 0 radical (unpaired) electrons. The van der Waals surface area contributed by atoms with Crippen LogP contribution in [-0.4, -0.2) is 17.7 Å². The van der Waals surface area contributed by atoms with Crippen LogP contribution in [0, 0.1) is 0 Å². The Morgan fingerprint density at radius 2 is 1.64 bits per heavy atom. The number of carbonyl (C=O) groups is 1. The summed E-state index contributed by atoms with van der Waals surface area (Å²) in [5.41, 5.74) is 3.68. The van der Waals surface area contributed by atoms with Crippen molar-refractivity contribution in [3.8, 4) is 34.1 Å². The Balaban J connectivity index is 1.28. The summed E-state index contributed by atoms with van der Waals surface area (Å²) >= 11 is 0. The lowest BCUT2D eigenvalue weighted by molar-refractivity contribution is -0.121. The van der Waals surface area contributed by atoms with Gasteiger partial charge in [-0.1, -0.05) is 66.7 Å². The molecule has 1 atom stereocenters. The summed E-state index contributed by atoms with van der Waals surface area (Å²) in [5.74, 6) is 2.62. The van der Waals surface area contributed by atoms with Gasteiger partial charge in [0.1, 0.15) is 5.69 Å². The molecular weight excluding hydrogens is 416 g/mol. The second-order valence-corrected chi connectivity index (χ2v) is 7.92. The number of aromatic nitrogens is 1. The van der Waals surface area contributed by atoms with Crippen LogP contribution in [-0.2, 0) is 11.2 Å². The maximum absolute atomic E-state index is 12.6. The van der Waals surface area contributed by atoms with Gasteiger partial charge in [0.25, 0.3) is 0 Å². The van der Waals surface area contributed by atoms with Crippen LogP contribution in [0.1, 0.15) is 30.8 Å². The average Bonchev–Trinajstić information content (AvgIpc) is 3.50. The number of amides is 1. The Morgan fingerprint density at radius 1 is 0.939 bits per heavy atom. The van der Waals surface area contributed by atoms with Crippen LogP contribution in [0.2, 0.25) is 0 Å². The number of nitrogens with one attached hydrogen (secondary N) is 1. The van der Waals surface area contributed by atoms with Crippen LogP contribution >= 0.6 is 0 Å². The summed E-state index contributed by atoms with van der Waals surface area (Å²) in [6, 6.07) is 25.4. The Morgan fingerprint density at radius 3 is 2.39 bits per heavy atom. The fourth-order valence-corrected chi connectivity index (χ4v) is 3.85. The smallest absolute Gasteiger partial charge is 0.231 e. The quantitative estimate of drug-likeness (QED) is 0.408. The number of hydrogen-bond donors (Lipinski definition) is 1. The predicted molar refractivity (Wildman–Crippen MR) is 125 cm³/mol. The van der Waals surface area contributed by atoms with Gasteiger partial charge in [0, 0.05) is 24.0 Å². The van der Waals surface area contributed by atoms with Crippen molar-refractivity contribution in [1.82, 2.24) is 10.3 Å². The first kappa shape index (κ1) is 20.8. The molecule has 0 spiro atoms. The number of nitrogens with zero attached hydrogens (tertiary/aromatic N) is 1. The van der Waals surface area contributed by atoms with Crippen LogP contribution in [0.4, 0.5) is 0 Å². The minimum Gasteiger partial charge on any atom is -0.454 e. The van der Waals surface area contributed by atoms with Crippen molar-refractivity contribution in [2.45, 2.75) is 25.8 Å². The molecule has 2 heterocycles. The van der Waals surface area contributed by atoms with Gasteiger partial charge in [-0.15, -0.1) is 0 Å². The zero-order valence-electron chi connectivity index (χ0n) is 18.3. The predicted octanol–water partition coefficient (Wildman–Crippen LogP) is 5.55. The van der Waals surface area contributed by atoms with Crippen molar-refractivity contribution in [2.24, 2.45) is 0 Å². The van der Waals surface area contributed by atoms with Gasteiger partial charge in [-0.05, 0) is 24.6 Å². The van der Waals surface area contributed by atoms with E-state index in [0.29, 0.717) is 23.8 Å². The highest BCUT2D eigenvalue weighted by atomic mass is 16.7. The molecule has 5 rings (SSSR count). The molecule has 0 saturated heterocycles. The molecule has 0 bridgehead atoms. The van der Waals surface area contributed by atoms with Crippen molar-refractivity contribution < 1.29 is 18.7 Å². The van der Waals surface area contributed by atoms with E-state index < -0.39 is 0 Å². The maximum atomic E-state index is 12.6. The van der Waals surface area contributed by atoms with Crippen molar-refractivity contribution >= 4 is 5.91 Å². The van der Waals surface area contributed by atoms with E-state index in [9.17, 15) is 4.79 Å². The van der Waals surface area contributed by atoms with Crippen molar-refractivity contribution in [3.05, 3.63) is 90.3 Å². The Hall–Kier alpha value is -4.06. The highest BCUT2D eigenvalue weighted by Gasteiger charge is 2.19. The Kier molecular flexibility index (Phi) is 5.81. The minimum atomic E-state index is -0.156. The second-order valence-electron chi connectivity index (χ2n) is 7.92. The minimum absolute atomic E-state index is 0.0686. The monoisotopic (exact) mass is 440 g/mol. The number of ether oxygens (including phenoxy) is 2. The number of aryl methyl sites for hydroxylation is 1. The third-order valence-electron chi connectivity index (χ3n) is 5.59. The van der Waals surface area contributed by atoms with Crippen LogP contribution < -0.4 is 14.8 Å². The summed E-state index contributed by atoms with van der Waals surface area (Å²) < 4.78 is 16.9. The van der Waals surface area contributed by atoms with Gasteiger partial charge in [-0.2, -0.15) is 0 Å². The van der Waals surface area contributed by atoms with Gasteiger partial charge in [-0.25, -0.2) is 4.98 Å². The van der Waals surface area contributed by atoms with Crippen molar-refractivity contribution in [3.63, 3.8) is 0 Å². The van der Waals surface area contributed by atoms with Gasteiger partial charge >= 0.3 is 0 Å². The van der Waals surface area contributed by atoms with E-state index in [2.05, 4.69) is 5.32 Å². The number of rotatable bonds is 7. The Labute approximate surface area is 192 Å². The standard InChI is InChI=1S/C27H24N2O4/c1-18(21-12-13-22-23(16-21)32-17-31-22)28-24(30)14-15-25-29-26(19-8-4-2-5-9-19)27(33-25)20-10-6-3-7-11-20/h2-13,16,18H,14-15,17H2,1H3,(H,28,30). The Bertz CT molecular complexity index is 1190. The molecule has 166 valence electrons. The summed E-state index contributed by atoms with van der Waals surface area (Å²) in [7, 11) is 0. The summed E-state index contributed by atoms with van der Waals surface area (Å²) in [6.07, 6.45) is 0.685. The number of hydrogen-bond acceptors (Lipinski definition) is 5. The molecule has 0 saturated carbocycles. The normalized spacial score (nSPS) is 13.0. The van der Waals surface area contributed by atoms with Gasteiger partial charge in [0.05, 0.1) is 6.04 Å². The summed E-state index contributed by atoms with van der Waals surface area (Å²) in [6.45, 7) is 2.17. The zero-order valence-corrected chi connectivity index (χ0v) is 18.3. The topological polar surface area (TPSA) is 73.6 Å². The lowest BCUT2D eigenvalue weighted by Gasteiger charge is -2.14. The lowest BCUT2D eigenvalue weighted by atomic mass is 10.1. The van der Waals surface area contributed by atoms with Crippen molar-refractivity contribution in [2.75, 3.05) is 6.79 Å². The van der Waals surface area contributed by atoms with Crippen LogP contribution in [0.15, 0.2) is 83.3 Å². The molecule has 4 aromatic rings. The van der Waals surface area contributed by atoms with E-state index in [1.54, 1.807) is 0 Å². The SMILES string of the molecule is CC(NC(=O)CCc1nc(-c2ccccc2)c(-c2ccccc2)o1)c1ccc2c(c1)OCO2. The molecule has 1 unspecified atom stereocenters. The first-order valence-corrected chi connectivity index (χ1v) is 11.0. The third-order valence-corrected chi connectivity index (χ3v) is 5.59. The fourth-order valence-electron chi connectivity index (χ4n) is 3.85. The molecule has 6 nitrogen and oxygen atoms in total. The molecule has 0 fully saturated rings. The molecule has 0 aliphatic carbocycles. The molecule has 33 heavy (non-hydrogen) atoms. The number of fused-ring (bicyclic) bond motifs is 1. The lowest BCUT2D eigenvalue weighted by Crippen LogP contribution is -2.26. The molecule has 1 amide bonds. The van der Waals surface area contributed by atoms with Crippen molar-refractivity contribution in [1.29, 1.82) is 0 Å². The average molecular weight is 440 g/mol. The fraction of sp³-hybridized carbons (Fsp3) is 0.185. The first-order chi connectivity index (χ1) is 16.2. The molecule has 6 heteroatoms. The third kappa shape index (κ3) is 4.60. The first-order valence-electron chi connectivity index (χ1n) is 11.0. The number of oxazole rings is 1. The highest BCUT2D eigenvalue weighted by molar-refractivity contribution is 5.78. The molecule has 1 aliphatic heterocycles. The van der Waals surface area contributed by atoms with Crippen LogP contribution in [0.3, 0.4) is 0 Å². The van der Waals surface area contributed by atoms with Gasteiger partial charge in [0.15, 0.2) is 23.1 Å². The van der Waals surface area contributed by atoms with Crippen LogP contribution in [0.5, 0.6) is 11.5 Å². The molecular formula is C27H24N2O4. The summed E-state index contributed by atoms with van der Waals surface area (Å²) in [5, 5.41) is 3.04. The number of carbonyl (C=O) groups excluding carboxylic acids is 1. The molecule has 3 aromatic carbocycles. The van der Waals surface area contributed by atoms with Gasteiger partial charge < -0.3 is 19.2 Å². The zero-order chi connectivity index (χ0) is 22.6. The number of benzene rings is 3. The molecule has 1 N–H and O–H groups in total. The largest absolute Gasteiger partial charge is 0.454 e. The maximum Gasteiger partial charge on any atom is 0.231 e. The van der Waals surface area contributed by atoms with E-state index in [1.165, 1.54) is 0 Å². The molecule has 1 aliphatic rings.